The van der Waals surface area contributed by atoms with Crippen LogP contribution >= 0.6 is 0 Å². The second kappa shape index (κ2) is 16.3. The van der Waals surface area contributed by atoms with Crippen LogP contribution < -0.4 is 24.8 Å². The first-order valence-corrected chi connectivity index (χ1v) is 16.8. The second-order valence-corrected chi connectivity index (χ2v) is 16.8. The van der Waals surface area contributed by atoms with Crippen LogP contribution in [0.4, 0.5) is 0 Å². The fourth-order valence-electron chi connectivity index (χ4n) is 5.41. The van der Waals surface area contributed by atoms with Crippen molar-refractivity contribution in [1.29, 1.82) is 0 Å². The third-order valence-electron chi connectivity index (χ3n) is 8.04. The molecule has 0 N–H and O–H groups in total. The van der Waals surface area contributed by atoms with Crippen LogP contribution in [0.5, 0.6) is 0 Å². The van der Waals surface area contributed by atoms with Crippen molar-refractivity contribution in [3.05, 3.63) is 118 Å². The summed E-state index contributed by atoms with van der Waals surface area (Å²) in [6.07, 6.45) is 7.98. The molecule has 0 nitrogen and oxygen atoms in total. The van der Waals surface area contributed by atoms with E-state index >= 15 is 0 Å². The van der Waals surface area contributed by atoms with Gasteiger partial charge in [-0.2, -0.15) is 41.0 Å². The van der Waals surface area contributed by atoms with Crippen LogP contribution in [0.2, 0.25) is 0 Å². The van der Waals surface area contributed by atoms with Crippen molar-refractivity contribution < 1.29 is 49.0 Å². The van der Waals surface area contributed by atoms with E-state index in [1.54, 1.807) is 0 Å². The molecule has 3 aromatic carbocycles. The molecule has 2 aliphatic carbocycles. The van der Waals surface area contributed by atoms with E-state index in [0.717, 1.165) is 12.8 Å². The Kier molecular flexibility index (Phi) is 15.0. The van der Waals surface area contributed by atoms with Crippen LogP contribution in [0.25, 0.3) is 11.1 Å². The maximum atomic E-state index is 3.53. The number of hydrogen-bond donors (Lipinski definition) is 0. The number of halogens is 2. The predicted octanol–water partition coefficient (Wildman–Crippen LogP) is 5.18. The maximum absolute atomic E-state index is 3.53. The molecule has 0 spiro atoms. The van der Waals surface area contributed by atoms with Crippen molar-refractivity contribution in [2.45, 2.75) is 107 Å². The molecule has 1 atom stereocenters. The minimum atomic E-state index is 0. The summed E-state index contributed by atoms with van der Waals surface area (Å²) in [5.41, 5.74) is 13.4. The molecule has 44 heavy (non-hydrogen) atoms. The Morgan fingerprint density at radius 2 is 1.36 bits per heavy atom. The summed E-state index contributed by atoms with van der Waals surface area (Å²) in [5, 5.41) is 0. The summed E-state index contributed by atoms with van der Waals surface area (Å²) in [4.78, 5) is 0. The average molecular weight is 707 g/mol. The summed E-state index contributed by atoms with van der Waals surface area (Å²) in [6, 6.07) is 25.5. The van der Waals surface area contributed by atoms with E-state index in [0.29, 0.717) is 11.3 Å². The van der Waals surface area contributed by atoms with Gasteiger partial charge >= 0.3 is 70.3 Å². The fourth-order valence-corrected chi connectivity index (χ4v) is 5.82. The third-order valence-corrected chi connectivity index (χ3v) is 8.75. The summed E-state index contributed by atoms with van der Waals surface area (Å²) < 4.78 is 1.46. The van der Waals surface area contributed by atoms with Gasteiger partial charge in [-0.25, -0.2) is 5.57 Å². The molecule has 0 amide bonds. The average Bonchev–Trinajstić information content (AvgIpc) is 3.48. The molecule has 3 aromatic rings. The smallest absolute Gasteiger partial charge is 1.00 e. The van der Waals surface area contributed by atoms with Gasteiger partial charge in [0.1, 0.15) is 0 Å². The largest absolute Gasteiger partial charge is 1.00 e. The molecule has 3 heteroatoms. The molecule has 0 aromatic heterocycles. The van der Waals surface area contributed by atoms with Crippen LogP contribution in [0, 0.1) is 23.5 Å². The Labute approximate surface area is 297 Å². The molecular formula is C41H52Cl2Zr-2. The fraction of sp³-hybridized carbons (Fsp3) is 0.439. The first-order chi connectivity index (χ1) is 19.4. The first-order valence-electron chi connectivity index (χ1n) is 15.6. The predicted molar refractivity (Wildman–Crippen MR) is 181 cm³/mol. The van der Waals surface area contributed by atoms with Gasteiger partial charge in [0.2, 0.25) is 0 Å². The van der Waals surface area contributed by atoms with Crippen LogP contribution in [-0.4, -0.2) is 3.21 Å². The Balaban J connectivity index is 0.000000359. The molecule has 0 bridgehead atoms. The molecule has 0 aliphatic heterocycles. The van der Waals surface area contributed by atoms with E-state index in [1.165, 1.54) is 77.5 Å². The Morgan fingerprint density at radius 1 is 0.795 bits per heavy atom. The zero-order valence-electron chi connectivity index (χ0n) is 29.1. The van der Waals surface area contributed by atoms with E-state index in [2.05, 4.69) is 156 Å². The van der Waals surface area contributed by atoms with E-state index in [-0.39, 0.29) is 35.6 Å². The topological polar surface area (TPSA) is 0 Å². The van der Waals surface area contributed by atoms with Crippen LogP contribution in [0.3, 0.4) is 0 Å². The molecule has 5 rings (SSSR count). The number of allylic oxidation sites excluding steroid dienone is 4. The van der Waals surface area contributed by atoms with Crippen molar-refractivity contribution in [2.24, 2.45) is 11.3 Å². The summed E-state index contributed by atoms with van der Waals surface area (Å²) in [7, 11) is 0. The van der Waals surface area contributed by atoms with E-state index in [4.69, 9.17) is 0 Å². The minimum absolute atomic E-state index is 0. The van der Waals surface area contributed by atoms with E-state index in [1.807, 2.05) is 6.07 Å². The molecule has 0 saturated heterocycles. The number of hydrogen-bond acceptors (Lipinski definition) is 0. The van der Waals surface area contributed by atoms with Gasteiger partial charge in [-0.3, -0.25) is 6.08 Å². The van der Waals surface area contributed by atoms with Gasteiger partial charge in [0.25, 0.3) is 0 Å². The van der Waals surface area contributed by atoms with Crippen molar-refractivity contribution in [3.8, 4) is 11.1 Å². The Morgan fingerprint density at radius 3 is 1.82 bits per heavy atom. The Bertz CT molecular complexity index is 1390. The van der Waals surface area contributed by atoms with Crippen molar-refractivity contribution >= 4 is 3.21 Å². The molecule has 0 radical (unpaired) electrons. The molecular weight excluding hydrogens is 655 g/mol. The van der Waals surface area contributed by atoms with Crippen molar-refractivity contribution in [1.82, 2.24) is 0 Å². The Hall–Kier alpha value is -1.53. The number of rotatable bonds is 2. The molecule has 2 aliphatic rings. The van der Waals surface area contributed by atoms with Gasteiger partial charge in [-0.15, -0.1) is 5.56 Å². The van der Waals surface area contributed by atoms with Gasteiger partial charge < -0.3 is 24.8 Å². The molecule has 1 unspecified atom stereocenters. The van der Waals surface area contributed by atoms with Gasteiger partial charge in [-0.05, 0) is 17.4 Å². The monoisotopic (exact) mass is 704 g/mol. The first kappa shape index (κ1) is 40.5. The minimum Gasteiger partial charge on any atom is -1.00 e. The van der Waals surface area contributed by atoms with Crippen LogP contribution in [0.15, 0.2) is 77.9 Å². The van der Waals surface area contributed by atoms with Gasteiger partial charge in [0, 0.05) is 0 Å². The van der Waals surface area contributed by atoms with Crippen molar-refractivity contribution in [2.75, 3.05) is 0 Å². The molecule has 0 fully saturated rings. The standard InChI is InChI=1S/C21H25.C12H19.C8H8.2ClH.Zr/c1-20(2,3)16-9-7-14-11-15-8-10-17(21(4,5)6)13-19(15)18(14)12-16;1-6-10-7-9(2)8-11(10)12(3,4)5;1-2-8-6-4-3-5-7-8;;;/h7,9-10,12-13H,11H2,1-6H3;8-9H,6H2,1-5H3;3-7H,1H3;2*1H;/q2*-1;;;;+2/p-2. The van der Waals surface area contributed by atoms with Crippen molar-refractivity contribution in [3.63, 3.8) is 0 Å². The third kappa shape index (κ3) is 10.8. The zero-order chi connectivity index (χ0) is 31.5. The van der Waals surface area contributed by atoms with Gasteiger partial charge in [-0.1, -0.05) is 129 Å². The molecule has 0 heterocycles. The number of fused-ring (bicyclic) bond motifs is 3. The molecule has 0 saturated carbocycles. The normalized spacial score (nSPS) is 15.1. The summed E-state index contributed by atoms with van der Waals surface area (Å²) in [5.74, 6) is 0.522. The van der Waals surface area contributed by atoms with Crippen LogP contribution in [0.1, 0.15) is 117 Å². The zero-order valence-corrected chi connectivity index (χ0v) is 33.1. The summed E-state index contributed by atoms with van der Waals surface area (Å²) >= 11 is 1.51. The maximum Gasteiger partial charge on any atom is -1.00 e. The quantitative estimate of drug-likeness (QED) is 0.252. The van der Waals surface area contributed by atoms with E-state index < -0.39 is 0 Å². The van der Waals surface area contributed by atoms with Gasteiger partial charge in [0.05, 0.1) is 0 Å². The SMILES string of the molecule is CC(C)(C)c1c[c-]c2c(c1)-c1cc(C(C)(C)C)ccc1C2.CCC1=[C-]C(C)C=C1C(C)(C)C.C[C](=[Zr+2])c1ccccc1.[Cl-].[Cl-]. The second-order valence-electron chi connectivity index (χ2n) is 14.9. The van der Waals surface area contributed by atoms with Gasteiger partial charge in [0.15, 0.2) is 0 Å². The van der Waals surface area contributed by atoms with E-state index in [9.17, 15) is 0 Å². The molecule has 236 valence electrons. The number of benzene rings is 3. The summed E-state index contributed by atoms with van der Waals surface area (Å²) in [6.45, 7) is 27.0. The van der Waals surface area contributed by atoms with Crippen LogP contribution in [-0.2, 0) is 41.5 Å².